The molecule has 0 saturated carbocycles. The van der Waals surface area contributed by atoms with Crippen molar-refractivity contribution in [1.29, 1.82) is 0 Å². The molecule has 0 amide bonds. The topological polar surface area (TPSA) is 53.8 Å². The third-order valence-corrected chi connectivity index (χ3v) is 8.46. The van der Waals surface area contributed by atoms with E-state index in [0.29, 0.717) is 48.1 Å². The van der Waals surface area contributed by atoms with Crippen molar-refractivity contribution in [3.63, 3.8) is 0 Å². The highest BCUT2D eigenvalue weighted by molar-refractivity contribution is 6.42. The molecule has 0 bridgehead atoms. The van der Waals surface area contributed by atoms with Gasteiger partial charge in [-0.25, -0.2) is 0 Å². The molecule has 3 rings (SSSR count). The molecule has 45 heavy (non-hydrogen) atoms. The van der Waals surface area contributed by atoms with Gasteiger partial charge in [-0.15, -0.1) is 0 Å². The van der Waals surface area contributed by atoms with Crippen molar-refractivity contribution in [3.8, 4) is 0 Å². The molecule has 2 N–H and O–H groups in total. The lowest BCUT2D eigenvalue weighted by molar-refractivity contribution is -0.143. The van der Waals surface area contributed by atoms with Gasteiger partial charge in [-0.3, -0.25) is 0 Å². The average Bonchev–Trinajstić information content (AvgIpc) is 2.99. The Hall–Kier alpha value is -2.79. The van der Waals surface area contributed by atoms with Gasteiger partial charge in [0.15, 0.2) is 0 Å². The lowest BCUT2D eigenvalue weighted by Gasteiger charge is -2.28. The third kappa shape index (κ3) is 10.6. The van der Waals surface area contributed by atoms with Crippen molar-refractivity contribution in [1.82, 2.24) is 5.32 Å². The van der Waals surface area contributed by atoms with Crippen molar-refractivity contribution in [2.24, 2.45) is 5.16 Å². The number of oxime groups is 1. The summed E-state index contributed by atoms with van der Waals surface area (Å²) < 4.78 is 80.1. The number of alkyl halides is 6. The summed E-state index contributed by atoms with van der Waals surface area (Å²) in [7, 11) is 1.36. The first-order valence-corrected chi connectivity index (χ1v) is 15.3. The van der Waals surface area contributed by atoms with Gasteiger partial charge < -0.3 is 15.3 Å². The van der Waals surface area contributed by atoms with E-state index in [9.17, 15) is 31.4 Å². The number of benzene rings is 3. The van der Waals surface area contributed by atoms with E-state index in [4.69, 9.17) is 28.0 Å². The van der Waals surface area contributed by atoms with E-state index in [1.807, 2.05) is 37.3 Å². The normalized spacial score (nSPS) is 14.7. The first kappa shape index (κ1) is 36.7. The number of hydrogen-bond donors (Lipinski definition) is 2. The zero-order valence-corrected chi connectivity index (χ0v) is 26.4. The Balaban J connectivity index is 1.75. The molecular weight excluding hydrogens is 641 g/mol. The van der Waals surface area contributed by atoms with Gasteiger partial charge in [-0.2, -0.15) is 26.3 Å². The minimum absolute atomic E-state index is 0.0445. The van der Waals surface area contributed by atoms with E-state index < -0.39 is 29.1 Å². The molecule has 0 radical (unpaired) electrons. The summed E-state index contributed by atoms with van der Waals surface area (Å²) in [5, 5.41) is 19.4. The summed E-state index contributed by atoms with van der Waals surface area (Å²) in [4.78, 5) is 5.10. The maximum Gasteiger partial charge on any atom is 0.416 e. The van der Waals surface area contributed by atoms with Crippen molar-refractivity contribution in [2.45, 2.75) is 69.3 Å². The van der Waals surface area contributed by atoms with E-state index in [0.717, 1.165) is 23.3 Å². The Kier molecular flexibility index (Phi) is 13.2. The fraction of sp³-hybridized carbons (Fsp3) is 0.424. The molecule has 0 aliphatic carbocycles. The molecule has 3 aromatic rings. The second-order valence-corrected chi connectivity index (χ2v) is 11.6. The van der Waals surface area contributed by atoms with Crippen LogP contribution in [0, 0.1) is 0 Å². The number of hydrogen-bond acceptors (Lipinski definition) is 4. The van der Waals surface area contributed by atoms with Crippen LogP contribution in [0.3, 0.4) is 0 Å². The molecule has 0 aromatic heterocycles. The molecule has 2 atom stereocenters. The van der Waals surface area contributed by atoms with Crippen LogP contribution in [0.1, 0.15) is 72.8 Å². The van der Waals surface area contributed by atoms with Gasteiger partial charge in [0.1, 0.15) is 7.11 Å². The zero-order chi connectivity index (χ0) is 33.3. The Morgan fingerprint density at radius 3 is 2.07 bits per heavy atom. The molecule has 0 aliphatic heterocycles. The Labute approximate surface area is 269 Å². The van der Waals surface area contributed by atoms with Crippen molar-refractivity contribution < 1.29 is 36.3 Å². The molecule has 4 nitrogen and oxygen atoms in total. The second-order valence-electron chi connectivity index (χ2n) is 10.8. The van der Waals surface area contributed by atoms with E-state index in [-0.39, 0.29) is 36.8 Å². The Morgan fingerprint density at radius 1 is 0.867 bits per heavy atom. The fourth-order valence-corrected chi connectivity index (χ4v) is 5.54. The molecular formula is C33H36Cl2F6N2O2. The van der Waals surface area contributed by atoms with Crippen molar-refractivity contribution in [3.05, 3.63) is 105 Å². The summed E-state index contributed by atoms with van der Waals surface area (Å²) in [5.74, 6) is -0.348. The molecule has 3 aromatic carbocycles. The predicted molar refractivity (Wildman–Crippen MR) is 166 cm³/mol. The highest BCUT2D eigenvalue weighted by Crippen LogP contribution is 2.37. The van der Waals surface area contributed by atoms with E-state index in [1.54, 1.807) is 18.2 Å². The van der Waals surface area contributed by atoms with Crippen LogP contribution < -0.4 is 5.32 Å². The quantitative estimate of drug-likeness (QED) is 0.0729. The smallest absolute Gasteiger partial charge is 0.399 e. The number of aliphatic hydroxyl groups is 1. The monoisotopic (exact) mass is 676 g/mol. The van der Waals surface area contributed by atoms with Gasteiger partial charge in [-0.1, -0.05) is 71.7 Å². The van der Waals surface area contributed by atoms with Gasteiger partial charge >= 0.3 is 12.4 Å². The Bertz CT molecular complexity index is 1380. The number of nitrogens with one attached hydrogen (secondary N) is 1. The van der Waals surface area contributed by atoms with Crippen molar-refractivity contribution >= 4 is 28.9 Å². The largest absolute Gasteiger partial charge is 0.416 e. The fourth-order valence-electron chi connectivity index (χ4n) is 5.23. The van der Waals surface area contributed by atoms with Crippen molar-refractivity contribution in [2.75, 3.05) is 20.2 Å². The summed E-state index contributed by atoms with van der Waals surface area (Å²) in [5.41, 5.74) is -1.61. The molecule has 2 unspecified atom stereocenters. The first-order valence-electron chi connectivity index (χ1n) is 14.5. The zero-order valence-electron chi connectivity index (χ0n) is 24.9. The molecule has 0 aliphatic rings. The van der Waals surface area contributed by atoms with Crippen LogP contribution in [0.15, 0.2) is 71.9 Å². The van der Waals surface area contributed by atoms with E-state index in [2.05, 4.69) is 10.5 Å². The highest BCUT2D eigenvalue weighted by Gasteiger charge is 2.37. The second kappa shape index (κ2) is 16.2. The van der Waals surface area contributed by atoms with Crippen LogP contribution in [-0.4, -0.2) is 31.0 Å². The van der Waals surface area contributed by atoms with Crippen LogP contribution in [0.25, 0.3) is 0 Å². The summed E-state index contributed by atoms with van der Waals surface area (Å²) >= 11 is 12.4. The number of nitrogens with zero attached hydrogens (tertiary/aromatic N) is 1. The lowest BCUT2D eigenvalue weighted by Crippen LogP contribution is -2.31. The first-order chi connectivity index (χ1) is 21.2. The van der Waals surface area contributed by atoms with Gasteiger partial charge in [0.2, 0.25) is 0 Å². The lowest BCUT2D eigenvalue weighted by atomic mass is 9.87. The van der Waals surface area contributed by atoms with Crippen LogP contribution in [0.2, 0.25) is 10.0 Å². The van der Waals surface area contributed by atoms with Crippen LogP contribution >= 0.6 is 23.2 Å². The van der Waals surface area contributed by atoms with Gasteiger partial charge in [0.05, 0.1) is 32.5 Å². The summed E-state index contributed by atoms with van der Waals surface area (Å²) in [6.45, 7) is 2.94. The Morgan fingerprint density at radius 2 is 1.51 bits per heavy atom. The number of rotatable bonds is 15. The maximum atomic E-state index is 13.3. The van der Waals surface area contributed by atoms with Crippen LogP contribution in [0.4, 0.5) is 26.3 Å². The minimum Gasteiger partial charge on any atom is -0.399 e. The van der Waals surface area contributed by atoms with Crippen LogP contribution in [-0.2, 0) is 29.2 Å². The summed E-state index contributed by atoms with van der Waals surface area (Å²) in [6, 6.07) is 16.2. The number of halogens is 8. The molecule has 12 heteroatoms. The minimum atomic E-state index is -4.92. The molecule has 0 saturated heterocycles. The van der Waals surface area contributed by atoms with E-state index >= 15 is 0 Å². The molecule has 0 spiro atoms. The highest BCUT2D eigenvalue weighted by atomic mass is 35.5. The number of aryl methyl sites for hydroxylation is 1. The van der Waals surface area contributed by atoms with E-state index in [1.165, 1.54) is 7.11 Å². The van der Waals surface area contributed by atoms with Gasteiger partial charge in [0, 0.05) is 5.92 Å². The molecule has 0 heterocycles. The van der Waals surface area contributed by atoms with Crippen LogP contribution in [0.5, 0.6) is 0 Å². The third-order valence-electron chi connectivity index (χ3n) is 7.72. The standard InChI is InChI=1S/C33H36Cl2F6N2O2/c1-3-31(44,24-9-5-4-6-10-24)15-17-42-16-14-27(23-12-13-28(34)29(35)20-23)30(43-45-2)11-7-8-22-18-25(32(36,37)38)21-26(19-22)33(39,40)41/h4-6,9-10,12-13,18-21,27,42,44H,3,7-8,11,14-17H2,1-2H3/b43-30+. The molecule has 0 fully saturated rings. The maximum absolute atomic E-state index is 13.3. The van der Waals surface area contributed by atoms with Gasteiger partial charge in [-0.05, 0) is 98.6 Å². The average molecular weight is 678 g/mol. The predicted octanol–water partition coefficient (Wildman–Crippen LogP) is 9.81. The SMILES string of the molecule is CCC(O)(CCNCCC(/C(CCCc1cc(C(F)(F)F)cc(C(F)(F)F)c1)=N/OC)c1ccc(Cl)c(Cl)c1)c1ccccc1. The molecule has 246 valence electrons. The summed E-state index contributed by atoms with van der Waals surface area (Å²) in [6.07, 6.45) is -7.91. The van der Waals surface area contributed by atoms with Gasteiger partial charge in [0.25, 0.3) is 0 Å².